The summed E-state index contributed by atoms with van der Waals surface area (Å²) in [6, 6.07) is 17.8. The van der Waals surface area contributed by atoms with E-state index in [0.29, 0.717) is 5.56 Å². The number of aliphatic hydroxyl groups excluding tert-OH is 1. The normalized spacial score (nSPS) is 17.4. The van der Waals surface area contributed by atoms with Crippen molar-refractivity contribution in [3.05, 3.63) is 65.2 Å². The Morgan fingerprint density at radius 3 is 2.65 bits per heavy atom. The van der Waals surface area contributed by atoms with Gasteiger partial charge in [0.1, 0.15) is 0 Å². The molecule has 20 heavy (non-hydrogen) atoms. The number of benzene rings is 2. The van der Waals surface area contributed by atoms with Gasteiger partial charge in [0.25, 0.3) is 0 Å². The SMILES string of the molecule is N#Cc1ccc(CN2CCC(O)c3ccccc32)cc1. The summed E-state index contributed by atoms with van der Waals surface area (Å²) in [6.07, 6.45) is 0.399. The Kier molecular flexibility index (Phi) is 3.41. The fourth-order valence-corrected chi connectivity index (χ4v) is 2.68. The third kappa shape index (κ3) is 2.38. The molecule has 0 radical (unpaired) electrons. The van der Waals surface area contributed by atoms with Gasteiger partial charge in [-0.1, -0.05) is 30.3 Å². The molecule has 2 aromatic carbocycles. The highest BCUT2D eigenvalue weighted by molar-refractivity contribution is 5.56. The molecule has 1 N–H and O–H groups in total. The molecule has 0 fully saturated rings. The summed E-state index contributed by atoms with van der Waals surface area (Å²) in [7, 11) is 0. The largest absolute Gasteiger partial charge is 0.388 e. The summed E-state index contributed by atoms with van der Waals surface area (Å²) in [5.74, 6) is 0. The molecule has 0 amide bonds. The van der Waals surface area contributed by atoms with E-state index < -0.39 is 0 Å². The van der Waals surface area contributed by atoms with Gasteiger partial charge in [0.05, 0.1) is 17.7 Å². The van der Waals surface area contributed by atoms with Crippen LogP contribution in [-0.2, 0) is 6.54 Å². The Balaban J connectivity index is 1.85. The molecule has 1 atom stereocenters. The molecule has 0 aromatic heterocycles. The Labute approximate surface area is 118 Å². The van der Waals surface area contributed by atoms with Crippen LogP contribution in [0.4, 0.5) is 5.69 Å². The highest BCUT2D eigenvalue weighted by Gasteiger charge is 2.22. The van der Waals surface area contributed by atoms with E-state index in [2.05, 4.69) is 17.0 Å². The summed E-state index contributed by atoms with van der Waals surface area (Å²) in [4.78, 5) is 2.28. The maximum absolute atomic E-state index is 10.1. The van der Waals surface area contributed by atoms with Crippen molar-refractivity contribution in [2.45, 2.75) is 19.1 Å². The zero-order valence-electron chi connectivity index (χ0n) is 11.2. The summed E-state index contributed by atoms with van der Waals surface area (Å²) in [6.45, 7) is 1.65. The second-order valence-electron chi connectivity index (χ2n) is 5.09. The molecule has 2 aromatic rings. The fraction of sp³-hybridized carbons (Fsp3) is 0.235. The lowest BCUT2D eigenvalue weighted by Crippen LogP contribution is -2.30. The van der Waals surface area contributed by atoms with Crippen LogP contribution in [0.25, 0.3) is 0 Å². The van der Waals surface area contributed by atoms with Gasteiger partial charge in [-0.3, -0.25) is 0 Å². The van der Waals surface area contributed by atoms with Crippen molar-refractivity contribution >= 4 is 5.69 Å². The van der Waals surface area contributed by atoms with Crippen molar-refractivity contribution in [2.24, 2.45) is 0 Å². The highest BCUT2D eigenvalue weighted by atomic mass is 16.3. The van der Waals surface area contributed by atoms with Gasteiger partial charge in [0.2, 0.25) is 0 Å². The predicted molar refractivity (Wildman–Crippen MR) is 78.2 cm³/mol. The number of fused-ring (bicyclic) bond motifs is 1. The monoisotopic (exact) mass is 264 g/mol. The lowest BCUT2D eigenvalue weighted by molar-refractivity contribution is 0.164. The van der Waals surface area contributed by atoms with Gasteiger partial charge in [-0.05, 0) is 30.2 Å². The molecule has 0 spiro atoms. The number of rotatable bonds is 2. The number of aliphatic hydroxyl groups is 1. The minimum Gasteiger partial charge on any atom is -0.388 e. The number of para-hydroxylation sites is 1. The predicted octanol–water partition coefficient (Wildman–Crippen LogP) is 3.00. The Morgan fingerprint density at radius 1 is 1.15 bits per heavy atom. The van der Waals surface area contributed by atoms with Gasteiger partial charge in [-0.25, -0.2) is 0 Å². The first-order valence-electron chi connectivity index (χ1n) is 6.79. The first-order valence-corrected chi connectivity index (χ1v) is 6.79. The van der Waals surface area contributed by atoms with Gasteiger partial charge in [0, 0.05) is 24.3 Å². The molecular weight excluding hydrogens is 248 g/mol. The number of hydrogen-bond acceptors (Lipinski definition) is 3. The van der Waals surface area contributed by atoms with Crippen LogP contribution in [0, 0.1) is 11.3 Å². The van der Waals surface area contributed by atoms with E-state index in [0.717, 1.165) is 30.8 Å². The number of nitriles is 1. The van der Waals surface area contributed by atoms with Crippen molar-refractivity contribution < 1.29 is 5.11 Å². The van der Waals surface area contributed by atoms with Crippen LogP contribution in [0.1, 0.15) is 29.2 Å². The molecule has 3 heteroatoms. The van der Waals surface area contributed by atoms with Crippen LogP contribution < -0.4 is 4.90 Å². The van der Waals surface area contributed by atoms with E-state index in [1.54, 1.807) is 0 Å². The highest BCUT2D eigenvalue weighted by Crippen LogP contribution is 2.34. The zero-order valence-corrected chi connectivity index (χ0v) is 11.2. The van der Waals surface area contributed by atoms with Crippen molar-refractivity contribution in [2.75, 3.05) is 11.4 Å². The third-order valence-corrected chi connectivity index (χ3v) is 3.77. The summed E-state index contributed by atoms with van der Waals surface area (Å²) >= 11 is 0. The average Bonchev–Trinajstić information content (AvgIpc) is 2.51. The van der Waals surface area contributed by atoms with Gasteiger partial charge >= 0.3 is 0 Å². The molecule has 1 aliphatic heterocycles. The van der Waals surface area contributed by atoms with Crippen LogP contribution in [-0.4, -0.2) is 11.7 Å². The molecule has 1 aliphatic rings. The zero-order chi connectivity index (χ0) is 13.9. The van der Waals surface area contributed by atoms with Crippen molar-refractivity contribution in [1.29, 1.82) is 5.26 Å². The Hall–Kier alpha value is -2.31. The Morgan fingerprint density at radius 2 is 1.90 bits per heavy atom. The second-order valence-corrected chi connectivity index (χ2v) is 5.09. The number of nitrogens with zero attached hydrogens (tertiary/aromatic N) is 2. The van der Waals surface area contributed by atoms with Gasteiger partial charge in [-0.15, -0.1) is 0 Å². The first kappa shape index (κ1) is 12.7. The van der Waals surface area contributed by atoms with Crippen LogP contribution in [0.3, 0.4) is 0 Å². The molecule has 100 valence electrons. The molecule has 0 bridgehead atoms. The van der Waals surface area contributed by atoms with Crippen LogP contribution in [0.5, 0.6) is 0 Å². The second kappa shape index (κ2) is 5.36. The maximum atomic E-state index is 10.1. The van der Waals surface area contributed by atoms with Crippen molar-refractivity contribution in [3.8, 4) is 6.07 Å². The number of anilines is 1. The molecule has 1 unspecified atom stereocenters. The van der Waals surface area contributed by atoms with E-state index in [9.17, 15) is 5.11 Å². The summed E-state index contributed by atoms with van der Waals surface area (Å²) in [5.41, 5.74) is 3.97. The minimum atomic E-state index is -0.358. The van der Waals surface area contributed by atoms with Gasteiger partial charge in [0.15, 0.2) is 0 Å². The quantitative estimate of drug-likeness (QED) is 0.907. The molecule has 3 nitrogen and oxygen atoms in total. The van der Waals surface area contributed by atoms with Crippen molar-refractivity contribution in [1.82, 2.24) is 0 Å². The smallest absolute Gasteiger partial charge is 0.0991 e. The summed E-state index contributed by atoms with van der Waals surface area (Å²) < 4.78 is 0. The summed E-state index contributed by atoms with van der Waals surface area (Å²) in [5, 5.41) is 18.9. The molecule has 1 heterocycles. The van der Waals surface area contributed by atoms with E-state index >= 15 is 0 Å². The van der Waals surface area contributed by atoms with Gasteiger partial charge < -0.3 is 10.0 Å². The van der Waals surface area contributed by atoms with Gasteiger partial charge in [-0.2, -0.15) is 5.26 Å². The lowest BCUT2D eigenvalue weighted by Gasteiger charge is -2.33. The molecule has 0 saturated carbocycles. The molecular formula is C17H16N2O. The topological polar surface area (TPSA) is 47.3 Å². The van der Waals surface area contributed by atoms with Crippen LogP contribution in [0.2, 0.25) is 0 Å². The van der Waals surface area contributed by atoms with E-state index in [4.69, 9.17) is 5.26 Å². The van der Waals surface area contributed by atoms with E-state index in [1.807, 2.05) is 42.5 Å². The molecule has 0 saturated heterocycles. The third-order valence-electron chi connectivity index (χ3n) is 3.77. The minimum absolute atomic E-state index is 0.358. The first-order chi connectivity index (χ1) is 9.78. The van der Waals surface area contributed by atoms with Crippen LogP contribution in [0.15, 0.2) is 48.5 Å². The lowest BCUT2D eigenvalue weighted by atomic mass is 9.98. The van der Waals surface area contributed by atoms with E-state index in [-0.39, 0.29) is 6.10 Å². The molecule has 3 rings (SSSR count). The average molecular weight is 264 g/mol. The standard InChI is InChI=1S/C17H16N2O/c18-11-13-5-7-14(8-6-13)12-19-10-9-17(20)15-3-1-2-4-16(15)19/h1-8,17,20H,9-10,12H2. The van der Waals surface area contributed by atoms with E-state index in [1.165, 1.54) is 5.56 Å². The fourth-order valence-electron chi connectivity index (χ4n) is 2.68. The van der Waals surface area contributed by atoms with Crippen molar-refractivity contribution in [3.63, 3.8) is 0 Å². The molecule has 0 aliphatic carbocycles. The maximum Gasteiger partial charge on any atom is 0.0991 e. The number of hydrogen-bond donors (Lipinski definition) is 1. The van der Waals surface area contributed by atoms with Crippen LogP contribution >= 0.6 is 0 Å². The Bertz CT molecular complexity index is 643.